The van der Waals surface area contributed by atoms with Gasteiger partial charge in [-0.25, -0.2) is 0 Å². The van der Waals surface area contributed by atoms with Crippen LogP contribution in [0, 0.1) is 0 Å². The van der Waals surface area contributed by atoms with E-state index in [1.165, 1.54) is 0 Å². The highest BCUT2D eigenvalue weighted by molar-refractivity contribution is 5.76. The van der Waals surface area contributed by atoms with E-state index in [1.54, 1.807) is 0 Å². The molecule has 6 amide bonds. The molecule has 0 saturated carbocycles. The molecular formula is C83H137N6O61-. The summed E-state index contributed by atoms with van der Waals surface area (Å²) < 4.78 is 128. The number of carboxylic acid groups (broad SMARTS) is 1. The minimum Gasteiger partial charge on any atom is -0.544 e. The van der Waals surface area contributed by atoms with Crippen LogP contribution < -0.4 is 37.0 Å². The first-order valence-corrected chi connectivity index (χ1v) is 47.5. The molecule has 11 saturated heterocycles. The van der Waals surface area contributed by atoms with Crippen molar-refractivity contribution < 1.29 is 301 Å². The van der Waals surface area contributed by atoms with Crippen molar-refractivity contribution in [3.05, 3.63) is 0 Å². The lowest BCUT2D eigenvalue weighted by molar-refractivity contribution is -0.411. The Kier molecular flexibility index (Phi) is 45.7. The number of nitrogens with one attached hydrogen (secondary N) is 6. The largest absolute Gasteiger partial charge is 0.544 e. The monoisotopic (exact) mass is 2190 g/mol. The molecule has 11 fully saturated rings. The van der Waals surface area contributed by atoms with Gasteiger partial charge in [-0.3, -0.25) is 28.8 Å². The van der Waals surface area contributed by atoms with Crippen molar-refractivity contribution in [1.82, 2.24) is 31.9 Å². The van der Waals surface area contributed by atoms with Gasteiger partial charge < -0.3 is 304 Å². The number of aliphatic hydroxyl groups excluding tert-OH is 31. The first kappa shape index (κ1) is 124. The zero-order valence-corrected chi connectivity index (χ0v) is 80.4. The lowest BCUT2D eigenvalue weighted by Crippen LogP contribution is -2.72. The van der Waals surface area contributed by atoms with Crippen LogP contribution in [0.3, 0.4) is 0 Å². The summed E-state index contributed by atoms with van der Waals surface area (Å²) >= 11 is 0. The van der Waals surface area contributed by atoms with Gasteiger partial charge in [-0.05, 0) is 0 Å². The fourth-order valence-electron chi connectivity index (χ4n) is 19.0. The van der Waals surface area contributed by atoms with E-state index in [4.69, 9.17) is 104 Å². The zero-order chi connectivity index (χ0) is 111. The van der Waals surface area contributed by atoms with Gasteiger partial charge >= 0.3 is 0 Å². The number of aliphatic hydroxyl groups is 31. The smallest absolute Gasteiger partial charge is 0.217 e. The second kappa shape index (κ2) is 55.1. The molecule has 67 heteroatoms. The Hall–Kier alpha value is -5.83. The third-order valence-electron chi connectivity index (χ3n) is 26.9. The maximum atomic E-state index is 13.1. The summed E-state index contributed by atoms with van der Waals surface area (Å²) in [7, 11) is 0. The summed E-state index contributed by atoms with van der Waals surface area (Å²) in [6.07, 6.45) is -107. The molecule has 150 heavy (non-hydrogen) atoms. The van der Waals surface area contributed by atoms with Crippen LogP contribution >= 0.6 is 0 Å². The Morgan fingerprint density at radius 3 is 0.913 bits per heavy atom. The van der Waals surface area contributed by atoms with Crippen molar-refractivity contribution in [1.29, 1.82) is 0 Å². The van der Waals surface area contributed by atoms with Gasteiger partial charge in [0.05, 0.1) is 104 Å². The fraction of sp³-hybridized carbons (Fsp3) is 0.916. The van der Waals surface area contributed by atoms with Gasteiger partial charge in [0, 0.05) is 41.0 Å². The lowest BCUT2D eigenvalue weighted by atomic mass is 9.88. The topological polar surface area (TPSA) is 1040 Å². The molecule has 0 aliphatic carbocycles. The van der Waals surface area contributed by atoms with Crippen molar-refractivity contribution in [3.8, 4) is 0 Å². The second-order valence-electron chi connectivity index (χ2n) is 37.4. The zero-order valence-electron chi connectivity index (χ0n) is 80.4. The molecule has 0 aromatic heterocycles. The van der Waals surface area contributed by atoms with E-state index < -0.39 is 477 Å². The highest BCUT2D eigenvalue weighted by atomic mass is 16.8. The number of hydrogen-bond donors (Lipinski definition) is 37. The van der Waals surface area contributed by atoms with Crippen LogP contribution in [0.1, 0.15) is 41.0 Å². The maximum absolute atomic E-state index is 13.1. The summed E-state index contributed by atoms with van der Waals surface area (Å²) in [6, 6.07) is -10.5. The molecule has 0 aromatic rings. The molecule has 866 valence electrons. The van der Waals surface area contributed by atoms with Crippen LogP contribution in [-0.4, -0.2) is 635 Å². The number of carboxylic acids is 1. The van der Waals surface area contributed by atoms with Gasteiger partial charge in [-0.15, -0.1) is 0 Å². The Morgan fingerprint density at radius 1 is 0.313 bits per heavy atom. The molecule has 0 spiro atoms. The number of amides is 6. The number of carbonyl (C=O) groups is 7. The summed E-state index contributed by atoms with van der Waals surface area (Å²) in [4.78, 5) is 88.1. The molecule has 11 aliphatic heterocycles. The molecular weight excluding hydrogens is 2060 g/mol. The minimum atomic E-state index is -3.39. The third kappa shape index (κ3) is 28.2. The van der Waals surface area contributed by atoms with Gasteiger partial charge in [0.2, 0.25) is 41.7 Å². The van der Waals surface area contributed by atoms with E-state index in [0.717, 1.165) is 34.6 Å². The molecule has 11 aliphatic rings. The van der Waals surface area contributed by atoms with Crippen LogP contribution in [-0.2, 0) is 138 Å². The molecule has 0 radical (unpaired) electrons. The van der Waals surface area contributed by atoms with Gasteiger partial charge in [0.1, 0.15) is 268 Å². The maximum Gasteiger partial charge on any atom is 0.217 e. The summed E-state index contributed by atoms with van der Waals surface area (Å²) in [5.41, 5.74) is 0. The van der Waals surface area contributed by atoms with E-state index in [0.29, 0.717) is 0 Å². The Balaban J connectivity index is 0.724. The number of ether oxygens (including phenoxy) is 22. The number of aliphatic carboxylic acids is 1. The van der Waals surface area contributed by atoms with Gasteiger partial charge in [0.15, 0.2) is 62.9 Å². The quantitative estimate of drug-likeness (QED) is 0.0252. The number of hydrogen-bond acceptors (Lipinski definition) is 61. The first-order valence-electron chi connectivity index (χ1n) is 47.5. The molecule has 11 rings (SSSR count). The van der Waals surface area contributed by atoms with E-state index in [9.17, 15) is 197 Å². The van der Waals surface area contributed by atoms with Crippen molar-refractivity contribution in [2.24, 2.45) is 0 Å². The molecule has 0 unspecified atom stereocenters. The summed E-state index contributed by atoms with van der Waals surface area (Å²) in [5.74, 6) is -10.5. The minimum absolute atomic E-state index is 0.247. The van der Waals surface area contributed by atoms with Crippen LogP contribution in [0.4, 0.5) is 0 Å². The highest BCUT2D eigenvalue weighted by Crippen LogP contribution is 2.43. The van der Waals surface area contributed by atoms with Gasteiger partial charge in [0.25, 0.3) is 0 Å². The van der Waals surface area contributed by atoms with Crippen molar-refractivity contribution >= 4 is 41.9 Å². The fourth-order valence-corrected chi connectivity index (χ4v) is 19.0. The van der Waals surface area contributed by atoms with Crippen molar-refractivity contribution in [2.75, 3.05) is 85.9 Å². The SMILES string of the molecule is CC(=O)N[C@H]1[C@H](OC[C@H]2O[C@@H](O[C@H]3[C@H](O)[C@@H](NC(C)=O)[C@H](O[C@H]4[C@@H](O)[C@@H](CO)O[C@@H](O[C@H]5[C@H](O)[C@@H](O)[C@H](OC[C@@H](CO)NC=O)O[C@@H]5CO)[C@@H]4O)O[C@@H]3CO)[C@H](O)[C@@H](O)[C@H]2O)O[C@H](CO)[C@@H](O[C@@H]2O[C@H](CO[C@@H]3O[C@H](CO)[C@@H](O[C@@H]4O[C@H](CO)[C@H](O)[C@H](O[C@@H]5O[C@H](CO)[C@@H](O[C@@H]6O[C@H](CO)[C@H](O)[C@H](O[C@]7(C(=O)[O-])C[C@H](O)[C@@H](NC(C)=O)[C@H]([C@H](O)[C@H](O)CO)O7)[C@H]6O)[C@H](O)[C@H]5NC(C)=O)[C@H]4O)[C@H](O)[C@H]3NC(C)=O)[C@H](O)[C@H](O)[C@H]2O)[C@@H]1O. The van der Waals surface area contributed by atoms with Crippen LogP contribution in [0.25, 0.3) is 0 Å². The molecule has 0 bridgehead atoms. The molecule has 11 heterocycles. The van der Waals surface area contributed by atoms with E-state index >= 15 is 0 Å². The van der Waals surface area contributed by atoms with E-state index in [1.807, 2.05) is 0 Å². The average molecular weight is 2190 g/mol. The standard InChI is InChI=1S/C83H138N6O61/c1-21(101)85-39-27(106)6-83(82(127)128,149-68(39)44(108)28(107)8-91)150-71-49(113)31(11-94)134-81(62(71)126)145-66-35(15-98)138-75(43(53(66)117)89-25(5)105)147-69-47(111)29(9-92)132-79(60(69)124)144-64-33(13-96)136-73(41(51(64)115)87-23(3)103)131-18-37-45(109)54(118)57(121)77(140-37)142-63-32(12-95)135-72(40(50(63)114)86-22(2)102)130-19-38-46(110)55(119)58(122)78(141-38)143-65-34(14-97)137-74(42(52(65)116)88-24(4)104)148-70-48(112)30(10-93)133-80(61(70)125)146-67-36(16-99)139-76(59(123)56(67)120)129-17-26(7-90)84-20-100/h20,26-81,90-99,106-126H,6-19H2,1-5H3,(H,84,100)(H,85,101)(H,86,102)(H,87,103)(H,88,104)(H,89,105)(H,127,128)/p-1/t26-,27+,28-,29-,30-,31-,32-,33-,34-,35-,36-,37-,38-,39-,40-,41-,42-,43-,44-,45+,46+,47+,48+,49+,50-,51-,52-,53-,54+,55+,56-,57-,58-,59-,60-,61-,62-,63-,64-,65-,66-,67-,68-,69+,70+,71+,72-,73-,74+,75+,76-,77+,78+,79+,80+,81+,83+/m1/s1. The first-order chi connectivity index (χ1) is 71.0. The second-order valence-corrected chi connectivity index (χ2v) is 37.4. The van der Waals surface area contributed by atoms with Gasteiger partial charge in [-0.2, -0.15) is 0 Å². The molecule has 0 aromatic carbocycles. The van der Waals surface area contributed by atoms with E-state index in [-0.39, 0.29) is 6.41 Å². The predicted molar refractivity (Wildman–Crippen MR) is 459 cm³/mol. The van der Waals surface area contributed by atoms with Crippen LogP contribution in [0.5, 0.6) is 0 Å². The lowest BCUT2D eigenvalue weighted by Gasteiger charge is -2.52. The average Bonchev–Trinajstić information content (AvgIpc) is 0.746. The van der Waals surface area contributed by atoms with Crippen molar-refractivity contribution in [2.45, 2.75) is 390 Å². The summed E-state index contributed by atoms with van der Waals surface area (Å²) in [6.45, 7) is -8.97. The Bertz CT molecular complexity index is 4230. The number of rotatable bonds is 45. The molecule has 37 N–H and O–H groups in total. The Labute approximate surface area is 848 Å². The van der Waals surface area contributed by atoms with Crippen LogP contribution in [0.2, 0.25) is 0 Å². The normalized spacial score (nSPS) is 46.3. The van der Waals surface area contributed by atoms with Gasteiger partial charge in [-0.1, -0.05) is 0 Å². The number of carbonyl (C=O) groups excluding carboxylic acids is 7. The third-order valence-corrected chi connectivity index (χ3v) is 26.9. The summed E-state index contributed by atoms with van der Waals surface area (Å²) in [5, 5.41) is 373. The highest BCUT2D eigenvalue weighted by Gasteiger charge is 2.64. The van der Waals surface area contributed by atoms with E-state index in [2.05, 4.69) is 31.9 Å². The van der Waals surface area contributed by atoms with Crippen LogP contribution in [0.15, 0.2) is 0 Å². The van der Waals surface area contributed by atoms with Crippen molar-refractivity contribution in [3.63, 3.8) is 0 Å². The molecule has 67 nitrogen and oxygen atoms in total. The molecule has 57 atom stereocenters. The predicted octanol–water partition coefficient (Wildman–Crippen LogP) is -27.3. The Morgan fingerprint density at radius 2 is 0.593 bits per heavy atom.